The van der Waals surface area contributed by atoms with Crippen LogP contribution in [-0.2, 0) is 0 Å². The van der Waals surface area contributed by atoms with Gasteiger partial charge in [0.25, 0.3) is 0 Å². The van der Waals surface area contributed by atoms with Crippen molar-refractivity contribution in [1.29, 1.82) is 0 Å². The van der Waals surface area contributed by atoms with Crippen molar-refractivity contribution in [3.8, 4) is 51.0 Å². The molecule has 5 heteroatoms. The second-order valence-corrected chi connectivity index (χ2v) is 12.5. The van der Waals surface area contributed by atoms with Crippen LogP contribution in [0.1, 0.15) is 0 Å². The fourth-order valence-corrected chi connectivity index (χ4v) is 7.16. The van der Waals surface area contributed by atoms with E-state index in [0.717, 1.165) is 66.5 Å². The highest BCUT2D eigenvalue weighted by Crippen LogP contribution is 2.39. The SMILES string of the molecule is c1ccc(-c2nc(-c3cccc(-n4c5ccccc5c5ccccc54)c3)nc(-c3ccc4oc5cccc(-c6ccccc6)c5c4c3)n2)cc1. The molecule has 0 aliphatic carbocycles. The van der Waals surface area contributed by atoms with Gasteiger partial charge in [0.15, 0.2) is 17.5 Å². The minimum atomic E-state index is 0.601. The Labute approximate surface area is 287 Å². The lowest BCUT2D eigenvalue weighted by atomic mass is 9.99. The van der Waals surface area contributed by atoms with E-state index in [0.29, 0.717) is 17.5 Å². The fourth-order valence-electron chi connectivity index (χ4n) is 7.16. The molecule has 7 aromatic carbocycles. The molecule has 0 atom stereocenters. The van der Waals surface area contributed by atoms with Gasteiger partial charge in [-0.1, -0.05) is 121 Å². The van der Waals surface area contributed by atoms with Crippen LogP contribution in [0.25, 0.3) is 94.7 Å². The first kappa shape index (κ1) is 28.2. The van der Waals surface area contributed by atoms with E-state index in [-0.39, 0.29) is 0 Å². The van der Waals surface area contributed by atoms with Crippen molar-refractivity contribution in [2.24, 2.45) is 0 Å². The molecule has 0 radical (unpaired) electrons. The normalized spacial score (nSPS) is 11.6. The minimum absolute atomic E-state index is 0.601. The number of nitrogens with zero attached hydrogens (tertiary/aromatic N) is 4. The Balaban J connectivity index is 1.17. The van der Waals surface area contributed by atoms with Crippen molar-refractivity contribution >= 4 is 43.7 Å². The molecule has 3 aromatic heterocycles. The van der Waals surface area contributed by atoms with Crippen LogP contribution >= 0.6 is 0 Å². The Morgan fingerprint density at radius 2 is 0.940 bits per heavy atom. The fraction of sp³-hybridized carbons (Fsp3) is 0. The first-order valence-corrected chi connectivity index (χ1v) is 16.7. The zero-order valence-corrected chi connectivity index (χ0v) is 26.9. The molecular formula is C45H28N4O. The molecule has 0 N–H and O–H groups in total. The molecule has 10 aromatic rings. The van der Waals surface area contributed by atoms with E-state index in [4.69, 9.17) is 19.4 Å². The molecule has 234 valence electrons. The molecule has 10 rings (SSSR count). The van der Waals surface area contributed by atoms with Crippen LogP contribution in [0.15, 0.2) is 174 Å². The van der Waals surface area contributed by atoms with Crippen molar-refractivity contribution in [2.45, 2.75) is 0 Å². The summed E-state index contributed by atoms with van der Waals surface area (Å²) in [6.45, 7) is 0. The maximum Gasteiger partial charge on any atom is 0.164 e. The monoisotopic (exact) mass is 640 g/mol. The van der Waals surface area contributed by atoms with Gasteiger partial charge in [-0.3, -0.25) is 0 Å². The van der Waals surface area contributed by atoms with Gasteiger partial charge in [-0.25, -0.2) is 15.0 Å². The summed E-state index contributed by atoms with van der Waals surface area (Å²) < 4.78 is 8.66. The molecule has 5 nitrogen and oxygen atoms in total. The van der Waals surface area contributed by atoms with Crippen LogP contribution in [0.3, 0.4) is 0 Å². The third-order valence-corrected chi connectivity index (χ3v) is 9.45. The zero-order valence-electron chi connectivity index (χ0n) is 26.9. The number of hydrogen-bond acceptors (Lipinski definition) is 4. The first-order valence-electron chi connectivity index (χ1n) is 16.7. The summed E-state index contributed by atoms with van der Waals surface area (Å²) in [5.41, 5.74) is 10.0. The second kappa shape index (κ2) is 11.4. The predicted octanol–water partition coefficient (Wildman–Crippen LogP) is 11.5. The number of benzene rings is 7. The maximum atomic E-state index is 6.35. The lowest BCUT2D eigenvalue weighted by molar-refractivity contribution is 0.669. The largest absolute Gasteiger partial charge is 0.456 e. The Morgan fingerprint density at radius 1 is 0.380 bits per heavy atom. The summed E-state index contributed by atoms with van der Waals surface area (Å²) in [5, 5.41) is 4.54. The van der Waals surface area contributed by atoms with Gasteiger partial charge in [-0.15, -0.1) is 0 Å². The molecule has 0 bridgehead atoms. The lowest BCUT2D eigenvalue weighted by Crippen LogP contribution is -2.01. The van der Waals surface area contributed by atoms with E-state index in [1.54, 1.807) is 0 Å². The summed E-state index contributed by atoms with van der Waals surface area (Å²) in [6.07, 6.45) is 0. The molecule has 0 amide bonds. The van der Waals surface area contributed by atoms with Gasteiger partial charge in [0, 0.05) is 43.9 Å². The van der Waals surface area contributed by atoms with Gasteiger partial charge in [0.05, 0.1) is 11.0 Å². The van der Waals surface area contributed by atoms with Crippen LogP contribution in [0.5, 0.6) is 0 Å². The first-order chi connectivity index (χ1) is 24.8. The number of rotatable bonds is 5. The zero-order chi connectivity index (χ0) is 33.0. The summed E-state index contributed by atoms with van der Waals surface area (Å²) >= 11 is 0. The van der Waals surface area contributed by atoms with Crippen LogP contribution in [0.4, 0.5) is 0 Å². The predicted molar refractivity (Wildman–Crippen MR) is 203 cm³/mol. The Morgan fingerprint density at radius 3 is 1.64 bits per heavy atom. The van der Waals surface area contributed by atoms with Crippen molar-refractivity contribution in [2.75, 3.05) is 0 Å². The molecular weight excluding hydrogens is 613 g/mol. The minimum Gasteiger partial charge on any atom is -0.456 e. The summed E-state index contributed by atoms with van der Waals surface area (Å²) in [6, 6.07) is 58.5. The van der Waals surface area contributed by atoms with Gasteiger partial charge in [0.2, 0.25) is 0 Å². The molecule has 0 saturated heterocycles. The number of fused-ring (bicyclic) bond motifs is 6. The summed E-state index contributed by atoms with van der Waals surface area (Å²) in [7, 11) is 0. The molecule has 0 spiro atoms. The average Bonchev–Trinajstić information content (AvgIpc) is 3.74. The highest BCUT2D eigenvalue weighted by Gasteiger charge is 2.18. The van der Waals surface area contributed by atoms with Crippen LogP contribution in [-0.4, -0.2) is 19.5 Å². The van der Waals surface area contributed by atoms with E-state index in [2.05, 4.69) is 114 Å². The molecule has 0 saturated carbocycles. The van der Waals surface area contributed by atoms with E-state index < -0.39 is 0 Å². The second-order valence-electron chi connectivity index (χ2n) is 12.5. The maximum absolute atomic E-state index is 6.35. The molecule has 0 fully saturated rings. The lowest BCUT2D eigenvalue weighted by Gasteiger charge is -2.11. The Bertz CT molecular complexity index is 2820. The van der Waals surface area contributed by atoms with E-state index >= 15 is 0 Å². The number of aromatic nitrogens is 4. The van der Waals surface area contributed by atoms with Gasteiger partial charge >= 0.3 is 0 Å². The third kappa shape index (κ3) is 4.60. The molecule has 0 aliphatic rings. The van der Waals surface area contributed by atoms with Crippen molar-refractivity contribution in [1.82, 2.24) is 19.5 Å². The molecule has 0 unspecified atom stereocenters. The van der Waals surface area contributed by atoms with Crippen molar-refractivity contribution < 1.29 is 4.42 Å². The van der Waals surface area contributed by atoms with E-state index in [1.165, 1.54) is 10.8 Å². The average molecular weight is 641 g/mol. The van der Waals surface area contributed by atoms with Gasteiger partial charge < -0.3 is 8.98 Å². The van der Waals surface area contributed by atoms with Gasteiger partial charge in [-0.2, -0.15) is 0 Å². The third-order valence-electron chi connectivity index (χ3n) is 9.45. The molecule has 0 aliphatic heterocycles. The molecule has 50 heavy (non-hydrogen) atoms. The number of para-hydroxylation sites is 2. The van der Waals surface area contributed by atoms with Gasteiger partial charge in [0.1, 0.15) is 11.2 Å². The van der Waals surface area contributed by atoms with Crippen LogP contribution in [0.2, 0.25) is 0 Å². The smallest absolute Gasteiger partial charge is 0.164 e. The van der Waals surface area contributed by atoms with E-state index in [9.17, 15) is 0 Å². The van der Waals surface area contributed by atoms with Crippen molar-refractivity contribution in [3.05, 3.63) is 170 Å². The highest BCUT2D eigenvalue weighted by atomic mass is 16.3. The summed E-state index contributed by atoms with van der Waals surface area (Å²) in [5.74, 6) is 1.83. The van der Waals surface area contributed by atoms with Gasteiger partial charge in [-0.05, 0) is 59.7 Å². The van der Waals surface area contributed by atoms with Crippen LogP contribution < -0.4 is 0 Å². The number of hydrogen-bond donors (Lipinski definition) is 0. The highest BCUT2D eigenvalue weighted by molar-refractivity contribution is 6.13. The quantitative estimate of drug-likeness (QED) is 0.188. The van der Waals surface area contributed by atoms with E-state index in [1.807, 2.05) is 60.7 Å². The number of furan rings is 1. The Kier molecular flexibility index (Phi) is 6.42. The standard InChI is InChI=1S/C45H28N4O/c1-3-13-29(14-4-1)34-21-12-24-41-42(34)37-28-32(25-26-40(37)50-41)45-47-43(30-15-5-2-6-16-30)46-44(48-45)31-17-11-18-33(27-31)49-38-22-9-7-19-35(38)36-20-8-10-23-39(36)49/h1-28H. The molecule has 3 heterocycles. The Hall–Kier alpha value is -6.85. The van der Waals surface area contributed by atoms with Crippen LogP contribution in [0, 0.1) is 0 Å². The van der Waals surface area contributed by atoms with Crippen molar-refractivity contribution in [3.63, 3.8) is 0 Å². The topological polar surface area (TPSA) is 56.7 Å². The summed E-state index contributed by atoms with van der Waals surface area (Å²) in [4.78, 5) is 15.2.